The molecule has 0 aromatic carbocycles. The molecule has 0 bridgehead atoms. The Bertz CT molecular complexity index is 623. The highest BCUT2D eigenvalue weighted by Crippen LogP contribution is 2.24. The fraction of sp³-hybridized carbons (Fsp3) is 0.417. The minimum Gasteiger partial charge on any atom is -0.461 e. The van der Waals surface area contributed by atoms with Crippen LogP contribution >= 0.6 is 11.3 Å². The number of aromatic nitrogens is 4. The van der Waals surface area contributed by atoms with Gasteiger partial charge in [0.05, 0.1) is 19.3 Å². The van der Waals surface area contributed by atoms with Crippen molar-refractivity contribution in [1.82, 2.24) is 20.0 Å². The fourth-order valence-electron chi connectivity index (χ4n) is 1.60. The lowest BCUT2D eigenvalue weighted by atomic mass is 10.3. The number of carbonyl (C=O) groups is 2. The molecule has 21 heavy (non-hydrogen) atoms. The summed E-state index contributed by atoms with van der Waals surface area (Å²) in [7, 11) is 0. The van der Waals surface area contributed by atoms with Crippen molar-refractivity contribution in [1.29, 1.82) is 0 Å². The number of nitrogens with zero attached hydrogens (tertiary/aromatic N) is 4. The molecule has 9 heteroatoms. The number of hydrogen-bond acceptors (Lipinski definition) is 8. The predicted molar refractivity (Wildman–Crippen MR) is 76.6 cm³/mol. The smallest absolute Gasteiger partial charge is 0.358 e. The van der Waals surface area contributed by atoms with E-state index in [1.165, 1.54) is 6.92 Å². The molecule has 0 fully saturated rings. The molecule has 0 aliphatic carbocycles. The highest BCUT2D eigenvalue weighted by molar-refractivity contribution is 7.17. The van der Waals surface area contributed by atoms with Gasteiger partial charge in [0.15, 0.2) is 16.6 Å². The van der Waals surface area contributed by atoms with Gasteiger partial charge in [0, 0.05) is 19.7 Å². The molecule has 0 aliphatic rings. The van der Waals surface area contributed by atoms with Crippen LogP contribution in [-0.4, -0.2) is 44.9 Å². The van der Waals surface area contributed by atoms with E-state index in [2.05, 4.69) is 20.6 Å². The van der Waals surface area contributed by atoms with E-state index in [-0.39, 0.29) is 18.1 Å². The van der Waals surface area contributed by atoms with E-state index in [1.807, 2.05) is 0 Å². The van der Waals surface area contributed by atoms with E-state index >= 15 is 0 Å². The predicted octanol–water partition coefficient (Wildman–Crippen LogP) is 1.23. The first-order chi connectivity index (χ1) is 10.1. The van der Waals surface area contributed by atoms with Crippen LogP contribution in [0.4, 0.5) is 5.13 Å². The molecule has 0 spiro atoms. The molecule has 2 heterocycles. The zero-order valence-electron chi connectivity index (χ0n) is 11.7. The number of rotatable bonds is 7. The van der Waals surface area contributed by atoms with Crippen molar-refractivity contribution >= 4 is 28.2 Å². The topological polar surface area (TPSA) is 99.0 Å². The van der Waals surface area contributed by atoms with E-state index in [0.29, 0.717) is 23.1 Å². The van der Waals surface area contributed by atoms with Gasteiger partial charge in [-0.3, -0.25) is 9.48 Å². The average Bonchev–Trinajstić information content (AvgIpc) is 3.08. The fourth-order valence-corrected chi connectivity index (χ4v) is 2.48. The highest BCUT2D eigenvalue weighted by Gasteiger charge is 2.22. The molecule has 0 atom stereocenters. The van der Waals surface area contributed by atoms with Gasteiger partial charge in [0.25, 0.3) is 0 Å². The van der Waals surface area contributed by atoms with Crippen LogP contribution in [0.2, 0.25) is 0 Å². The number of Topliss-reactive ketones (excluding diaryl/α,β-unsaturated/α-hetero) is 1. The number of hydrogen-bond donors (Lipinski definition) is 1. The van der Waals surface area contributed by atoms with Crippen molar-refractivity contribution in [2.75, 3.05) is 18.5 Å². The monoisotopic (exact) mass is 309 g/mol. The second-order valence-corrected chi connectivity index (χ2v) is 5.07. The molecular weight excluding hydrogens is 294 g/mol. The van der Waals surface area contributed by atoms with Crippen molar-refractivity contribution in [2.45, 2.75) is 20.4 Å². The largest absolute Gasteiger partial charge is 0.461 e. The Kier molecular flexibility index (Phi) is 4.99. The molecule has 112 valence electrons. The van der Waals surface area contributed by atoms with E-state index in [9.17, 15) is 9.59 Å². The van der Waals surface area contributed by atoms with Crippen molar-refractivity contribution in [3.63, 3.8) is 0 Å². The molecule has 0 aliphatic heterocycles. The van der Waals surface area contributed by atoms with Crippen molar-refractivity contribution < 1.29 is 14.3 Å². The summed E-state index contributed by atoms with van der Waals surface area (Å²) < 4.78 is 6.56. The third-order valence-electron chi connectivity index (χ3n) is 2.50. The molecule has 0 unspecified atom stereocenters. The number of carbonyl (C=O) groups excluding carboxylic acids is 2. The number of ketones is 1. The van der Waals surface area contributed by atoms with Crippen LogP contribution in [-0.2, 0) is 11.3 Å². The van der Waals surface area contributed by atoms with Crippen molar-refractivity contribution in [2.24, 2.45) is 0 Å². The molecule has 0 amide bonds. The summed E-state index contributed by atoms with van der Waals surface area (Å²) in [5.74, 6) is -0.789. The Balaban J connectivity index is 2.04. The van der Waals surface area contributed by atoms with Gasteiger partial charge in [0.1, 0.15) is 4.88 Å². The molecule has 1 N–H and O–H groups in total. The van der Waals surface area contributed by atoms with Crippen LogP contribution in [0.5, 0.6) is 0 Å². The van der Waals surface area contributed by atoms with Crippen LogP contribution in [0.3, 0.4) is 0 Å². The quantitative estimate of drug-likeness (QED) is 0.606. The van der Waals surface area contributed by atoms with E-state index in [4.69, 9.17) is 4.74 Å². The minimum atomic E-state index is -0.580. The highest BCUT2D eigenvalue weighted by atomic mass is 32.1. The van der Waals surface area contributed by atoms with Crippen LogP contribution in [0, 0.1) is 0 Å². The third kappa shape index (κ3) is 3.85. The Hall–Kier alpha value is -2.29. The number of ether oxygens (including phenoxy) is 1. The molecule has 0 saturated carbocycles. The Morgan fingerprint density at radius 1 is 1.48 bits per heavy atom. The van der Waals surface area contributed by atoms with Gasteiger partial charge in [-0.2, -0.15) is 0 Å². The number of nitrogens with one attached hydrogen (secondary N) is 1. The molecule has 2 aromatic rings. The Labute approximate surface area is 125 Å². The van der Waals surface area contributed by atoms with Gasteiger partial charge in [-0.15, -0.1) is 5.10 Å². The summed E-state index contributed by atoms with van der Waals surface area (Å²) in [6.45, 7) is 4.49. The first-order valence-electron chi connectivity index (χ1n) is 6.38. The van der Waals surface area contributed by atoms with Crippen LogP contribution < -0.4 is 5.32 Å². The van der Waals surface area contributed by atoms with Gasteiger partial charge >= 0.3 is 5.97 Å². The summed E-state index contributed by atoms with van der Waals surface area (Å²) in [6, 6.07) is 0. The maximum absolute atomic E-state index is 11.8. The van der Waals surface area contributed by atoms with Crippen molar-refractivity contribution in [3.05, 3.63) is 23.0 Å². The maximum atomic E-state index is 11.8. The maximum Gasteiger partial charge on any atom is 0.358 e. The molecular formula is C12H15N5O3S. The van der Waals surface area contributed by atoms with Crippen LogP contribution in [0.25, 0.3) is 0 Å². The Morgan fingerprint density at radius 2 is 2.29 bits per heavy atom. The van der Waals surface area contributed by atoms with Gasteiger partial charge < -0.3 is 10.1 Å². The van der Waals surface area contributed by atoms with E-state index < -0.39 is 5.97 Å². The zero-order chi connectivity index (χ0) is 15.2. The normalized spacial score (nSPS) is 10.4. The number of esters is 1. The van der Waals surface area contributed by atoms with Gasteiger partial charge in [-0.05, 0) is 6.92 Å². The third-order valence-corrected chi connectivity index (χ3v) is 3.62. The molecule has 8 nitrogen and oxygen atoms in total. The molecule has 0 radical (unpaired) electrons. The molecule has 2 aromatic heterocycles. The molecule has 2 rings (SSSR count). The first-order valence-corrected chi connectivity index (χ1v) is 7.20. The van der Waals surface area contributed by atoms with Gasteiger partial charge in [0.2, 0.25) is 0 Å². The standard InChI is InChI=1S/C12H15N5O3S/c1-3-20-11(19)9-10(8(2)18)21-12(15-9)13-4-6-17-7-5-14-16-17/h5,7H,3-4,6H2,1-2H3,(H,13,15). The Morgan fingerprint density at radius 3 is 2.90 bits per heavy atom. The van der Waals surface area contributed by atoms with Gasteiger partial charge in [-0.1, -0.05) is 16.6 Å². The average molecular weight is 309 g/mol. The second-order valence-electron chi connectivity index (χ2n) is 4.07. The SMILES string of the molecule is CCOC(=O)c1nc(NCCn2ccnn2)sc1C(C)=O. The lowest BCUT2D eigenvalue weighted by molar-refractivity contribution is 0.0517. The lowest BCUT2D eigenvalue weighted by Crippen LogP contribution is -2.12. The summed E-state index contributed by atoms with van der Waals surface area (Å²) in [5, 5.41) is 11.1. The van der Waals surface area contributed by atoms with Crippen LogP contribution in [0.15, 0.2) is 12.4 Å². The zero-order valence-corrected chi connectivity index (χ0v) is 12.5. The summed E-state index contributed by atoms with van der Waals surface area (Å²) in [5.41, 5.74) is 0.0672. The summed E-state index contributed by atoms with van der Waals surface area (Å²) in [4.78, 5) is 27.8. The summed E-state index contributed by atoms with van der Waals surface area (Å²) in [6.07, 6.45) is 3.34. The van der Waals surface area contributed by atoms with E-state index in [1.54, 1.807) is 24.0 Å². The number of thiazole rings is 1. The number of anilines is 1. The van der Waals surface area contributed by atoms with Crippen molar-refractivity contribution in [3.8, 4) is 0 Å². The van der Waals surface area contributed by atoms with Crippen LogP contribution in [0.1, 0.15) is 34.0 Å². The second kappa shape index (κ2) is 6.93. The minimum absolute atomic E-state index is 0.0672. The first kappa shape index (κ1) is 15.1. The molecule has 0 saturated heterocycles. The summed E-state index contributed by atoms with van der Waals surface area (Å²) >= 11 is 1.14. The lowest BCUT2D eigenvalue weighted by Gasteiger charge is -2.01. The van der Waals surface area contributed by atoms with E-state index in [0.717, 1.165) is 11.3 Å². The van der Waals surface area contributed by atoms with Gasteiger partial charge in [-0.25, -0.2) is 9.78 Å².